The molecule has 1 aromatic rings. The number of carbonyl (C=O) groups excluding carboxylic acids is 2. The number of aryl methyl sites for hydroxylation is 1. The number of cyclic esters (lactones) is 2. The Labute approximate surface area is 218 Å². The van der Waals surface area contributed by atoms with Gasteiger partial charge in [0.05, 0.1) is 29.9 Å². The van der Waals surface area contributed by atoms with Crippen LogP contribution < -0.4 is 4.72 Å². The SMILES string of the molecule is Cc1ccc(S(=O)(=O)N[C@H]2COC(=O)C/C=C/[C@@H](C)[C@@H]3C=C[C@H](O)[C@@H](COC(=O)C/C=C/[C@@H]2C)O3)cc1. The summed E-state index contributed by atoms with van der Waals surface area (Å²) in [5, 5.41) is 10.2. The van der Waals surface area contributed by atoms with E-state index in [0.29, 0.717) is 0 Å². The fourth-order valence-corrected chi connectivity index (χ4v) is 5.18. The summed E-state index contributed by atoms with van der Waals surface area (Å²) in [6.07, 6.45) is 8.07. The molecule has 3 rings (SSSR count). The van der Waals surface area contributed by atoms with Crippen LogP contribution in [-0.2, 0) is 33.8 Å². The van der Waals surface area contributed by atoms with E-state index >= 15 is 0 Å². The molecular weight excluding hydrogens is 498 g/mol. The number of nitrogens with one attached hydrogen (secondary N) is 1. The van der Waals surface area contributed by atoms with Gasteiger partial charge in [-0.3, -0.25) is 9.59 Å². The van der Waals surface area contributed by atoms with Gasteiger partial charge in [-0.05, 0) is 25.0 Å². The van der Waals surface area contributed by atoms with Crippen molar-refractivity contribution in [2.24, 2.45) is 11.8 Å². The molecule has 0 radical (unpaired) electrons. The third kappa shape index (κ3) is 8.63. The van der Waals surface area contributed by atoms with Gasteiger partial charge in [-0.2, -0.15) is 0 Å². The second kappa shape index (κ2) is 13.1. The first kappa shape index (κ1) is 28.8. The zero-order chi connectivity index (χ0) is 27.0. The normalized spacial score (nSPS) is 31.9. The number of hydrogen-bond acceptors (Lipinski definition) is 8. The minimum absolute atomic E-state index is 0.00604. The van der Waals surface area contributed by atoms with E-state index in [2.05, 4.69) is 4.72 Å². The van der Waals surface area contributed by atoms with Crippen LogP contribution in [-0.4, -0.2) is 63.0 Å². The van der Waals surface area contributed by atoms with Crippen LogP contribution in [0.1, 0.15) is 32.3 Å². The summed E-state index contributed by atoms with van der Waals surface area (Å²) < 4.78 is 45.2. The zero-order valence-corrected chi connectivity index (χ0v) is 22.1. The smallest absolute Gasteiger partial charge is 0.309 e. The van der Waals surface area contributed by atoms with Crippen molar-refractivity contribution in [2.45, 2.75) is 62.9 Å². The number of aliphatic hydroxyl groups is 1. The van der Waals surface area contributed by atoms with Gasteiger partial charge < -0.3 is 19.3 Å². The van der Waals surface area contributed by atoms with Crippen molar-refractivity contribution in [3.8, 4) is 0 Å². The third-order valence-corrected chi connectivity index (χ3v) is 7.79. The first-order valence-electron chi connectivity index (χ1n) is 12.3. The van der Waals surface area contributed by atoms with Crippen molar-refractivity contribution >= 4 is 22.0 Å². The zero-order valence-electron chi connectivity index (χ0n) is 21.3. The minimum Gasteiger partial charge on any atom is -0.464 e. The van der Waals surface area contributed by atoms with Crippen LogP contribution in [0.3, 0.4) is 0 Å². The lowest BCUT2D eigenvalue weighted by Gasteiger charge is -2.31. The number of esters is 2. The Balaban J connectivity index is 1.77. The highest BCUT2D eigenvalue weighted by Crippen LogP contribution is 2.21. The van der Waals surface area contributed by atoms with Crippen molar-refractivity contribution in [1.82, 2.24) is 4.72 Å². The molecule has 2 aliphatic rings. The van der Waals surface area contributed by atoms with E-state index in [0.717, 1.165) is 5.56 Å². The number of rotatable bonds is 3. The van der Waals surface area contributed by atoms with Crippen LogP contribution in [0.4, 0.5) is 0 Å². The Hall–Kier alpha value is -2.79. The molecule has 9 nitrogen and oxygen atoms in total. The maximum absolute atomic E-state index is 13.0. The van der Waals surface area contributed by atoms with Crippen LogP contribution >= 0.6 is 0 Å². The van der Waals surface area contributed by atoms with Crippen molar-refractivity contribution in [2.75, 3.05) is 13.2 Å². The van der Waals surface area contributed by atoms with E-state index in [1.165, 1.54) is 12.1 Å². The molecule has 0 amide bonds. The van der Waals surface area contributed by atoms with Crippen LogP contribution in [0.5, 0.6) is 0 Å². The number of ether oxygens (including phenoxy) is 3. The molecule has 202 valence electrons. The summed E-state index contributed by atoms with van der Waals surface area (Å²) in [5.41, 5.74) is 0.926. The van der Waals surface area contributed by atoms with E-state index in [1.807, 2.05) is 19.9 Å². The maximum atomic E-state index is 13.0. The average Bonchev–Trinajstić information content (AvgIpc) is 2.85. The van der Waals surface area contributed by atoms with Gasteiger partial charge in [0.15, 0.2) is 0 Å². The molecule has 10 heteroatoms. The Morgan fingerprint density at radius 1 is 0.865 bits per heavy atom. The molecule has 0 fully saturated rings. The molecule has 0 aliphatic carbocycles. The van der Waals surface area contributed by atoms with E-state index in [4.69, 9.17) is 14.2 Å². The van der Waals surface area contributed by atoms with Crippen LogP contribution in [0.15, 0.2) is 65.6 Å². The van der Waals surface area contributed by atoms with Crippen LogP contribution in [0, 0.1) is 18.8 Å². The van der Waals surface area contributed by atoms with Gasteiger partial charge in [-0.1, -0.05) is 68.0 Å². The molecule has 6 atom stereocenters. The standard InChI is InChI=1S/C27H35NO8S/c1-18-10-12-21(13-11-18)37(32,33)28-22-16-34-26(30)9-5-7-20(3)24-15-14-23(29)25(36-24)17-35-27(31)8-4-6-19(22)2/h4-7,10-15,19-20,22-25,28-29H,8-9,16-17H2,1-3H3/b6-4+,7-5+/t19-,20+,22-,23-,24-,25+/m0/s1. The summed E-state index contributed by atoms with van der Waals surface area (Å²) in [7, 11) is -3.88. The predicted octanol–water partition coefficient (Wildman–Crippen LogP) is 2.59. The molecule has 2 N–H and O–H groups in total. The number of benzene rings is 1. The molecule has 0 saturated carbocycles. The topological polar surface area (TPSA) is 128 Å². The first-order chi connectivity index (χ1) is 17.5. The number of hydrogen-bond donors (Lipinski definition) is 2. The fourth-order valence-electron chi connectivity index (χ4n) is 3.87. The van der Waals surface area contributed by atoms with Crippen molar-refractivity contribution in [3.05, 3.63) is 66.3 Å². The van der Waals surface area contributed by atoms with Gasteiger partial charge >= 0.3 is 11.9 Å². The molecule has 0 unspecified atom stereocenters. The Bertz CT molecular complexity index is 1130. The summed E-state index contributed by atoms with van der Waals surface area (Å²) in [5.74, 6) is -1.55. The largest absolute Gasteiger partial charge is 0.464 e. The monoisotopic (exact) mass is 533 g/mol. The molecule has 0 saturated heterocycles. The summed E-state index contributed by atoms with van der Waals surface area (Å²) in [4.78, 5) is 24.8. The van der Waals surface area contributed by atoms with Gasteiger partial charge in [0, 0.05) is 5.92 Å². The van der Waals surface area contributed by atoms with Crippen molar-refractivity contribution < 1.29 is 37.3 Å². The Kier molecular flexibility index (Phi) is 10.2. The highest BCUT2D eigenvalue weighted by molar-refractivity contribution is 7.89. The van der Waals surface area contributed by atoms with Gasteiger partial charge in [-0.25, -0.2) is 13.1 Å². The van der Waals surface area contributed by atoms with E-state index < -0.39 is 46.1 Å². The summed E-state index contributed by atoms with van der Waals surface area (Å²) in [6, 6.07) is 5.66. The lowest BCUT2D eigenvalue weighted by Crippen LogP contribution is -2.42. The van der Waals surface area contributed by atoms with Crippen LogP contribution in [0.2, 0.25) is 0 Å². The molecular formula is C27H35NO8S. The summed E-state index contributed by atoms with van der Waals surface area (Å²) >= 11 is 0. The molecule has 37 heavy (non-hydrogen) atoms. The molecule has 0 aromatic heterocycles. The molecule has 2 aliphatic heterocycles. The second-order valence-corrected chi connectivity index (χ2v) is 11.1. The highest BCUT2D eigenvalue weighted by Gasteiger charge is 2.29. The van der Waals surface area contributed by atoms with E-state index in [9.17, 15) is 23.1 Å². The van der Waals surface area contributed by atoms with Gasteiger partial charge in [0.2, 0.25) is 10.0 Å². The van der Waals surface area contributed by atoms with Crippen LogP contribution in [0.25, 0.3) is 0 Å². The highest BCUT2D eigenvalue weighted by atomic mass is 32.2. The lowest BCUT2D eigenvalue weighted by atomic mass is 9.99. The molecule has 0 spiro atoms. The predicted molar refractivity (Wildman–Crippen MR) is 137 cm³/mol. The average molecular weight is 534 g/mol. The lowest BCUT2D eigenvalue weighted by molar-refractivity contribution is -0.153. The molecule has 2 heterocycles. The number of aliphatic hydroxyl groups excluding tert-OH is 1. The fraction of sp³-hybridized carbons (Fsp3) is 0.481. The molecule has 2 bridgehead atoms. The van der Waals surface area contributed by atoms with Crippen molar-refractivity contribution in [3.63, 3.8) is 0 Å². The number of carbonyl (C=O) groups is 2. The Morgan fingerprint density at radius 3 is 2.11 bits per heavy atom. The van der Waals surface area contributed by atoms with Gasteiger partial charge in [-0.15, -0.1) is 0 Å². The maximum Gasteiger partial charge on any atom is 0.309 e. The van der Waals surface area contributed by atoms with E-state index in [1.54, 1.807) is 49.4 Å². The summed E-state index contributed by atoms with van der Waals surface area (Å²) in [6.45, 7) is 5.23. The van der Waals surface area contributed by atoms with Gasteiger partial charge in [0.25, 0.3) is 0 Å². The Morgan fingerprint density at radius 2 is 1.46 bits per heavy atom. The quantitative estimate of drug-likeness (QED) is 0.448. The third-order valence-electron chi connectivity index (χ3n) is 6.28. The minimum atomic E-state index is -3.88. The number of fused-ring (bicyclic) bond motifs is 2. The number of sulfonamides is 1. The first-order valence-corrected chi connectivity index (χ1v) is 13.8. The second-order valence-electron chi connectivity index (χ2n) is 9.40. The van der Waals surface area contributed by atoms with Gasteiger partial charge in [0.1, 0.15) is 25.4 Å². The molecule has 1 aromatic carbocycles. The van der Waals surface area contributed by atoms with Crippen molar-refractivity contribution in [1.29, 1.82) is 0 Å². The van der Waals surface area contributed by atoms with E-state index in [-0.39, 0.29) is 43.0 Å².